The minimum atomic E-state index is -0.373. The molecule has 0 saturated carbocycles. The molecule has 0 spiro atoms. The number of hydrogen-bond donors (Lipinski definition) is 1. The number of anilines is 1. The summed E-state index contributed by atoms with van der Waals surface area (Å²) in [5.41, 5.74) is 6.95. The fourth-order valence-electron chi connectivity index (χ4n) is 2.62. The van der Waals surface area contributed by atoms with Gasteiger partial charge >= 0.3 is 0 Å². The topological polar surface area (TPSA) is 49.6 Å². The van der Waals surface area contributed by atoms with E-state index in [2.05, 4.69) is 11.8 Å². The Bertz CT molecular complexity index is 455. The summed E-state index contributed by atoms with van der Waals surface area (Å²) in [5, 5.41) is 0. The van der Waals surface area contributed by atoms with Gasteiger partial charge < -0.3 is 15.5 Å². The number of carbonyl (C=O) groups is 1. The lowest BCUT2D eigenvalue weighted by Gasteiger charge is -2.37. The van der Waals surface area contributed by atoms with E-state index in [1.807, 2.05) is 4.90 Å². The Hall–Kier alpha value is -1.62. The van der Waals surface area contributed by atoms with E-state index < -0.39 is 0 Å². The molecule has 1 saturated heterocycles. The molecular formula is C16H24FN3O. The first-order valence-corrected chi connectivity index (χ1v) is 7.66. The van der Waals surface area contributed by atoms with Crippen molar-refractivity contribution in [1.29, 1.82) is 0 Å². The molecule has 0 radical (unpaired) electrons. The monoisotopic (exact) mass is 293 g/mol. The Morgan fingerprint density at radius 2 is 1.86 bits per heavy atom. The van der Waals surface area contributed by atoms with Crippen LogP contribution in [0.25, 0.3) is 0 Å². The molecule has 1 amide bonds. The lowest BCUT2D eigenvalue weighted by atomic mass is 10.1. The predicted molar refractivity (Wildman–Crippen MR) is 82.7 cm³/mol. The van der Waals surface area contributed by atoms with Crippen LogP contribution >= 0.6 is 0 Å². The van der Waals surface area contributed by atoms with Gasteiger partial charge in [0.15, 0.2) is 0 Å². The summed E-state index contributed by atoms with van der Waals surface area (Å²) in [7, 11) is 0. The van der Waals surface area contributed by atoms with E-state index >= 15 is 0 Å². The van der Waals surface area contributed by atoms with Crippen LogP contribution in [0.15, 0.2) is 24.3 Å². The van der Waals surface area contributed by atoms with Gasteiger partial charge in [-0.15, -0.1) is 0 Å². The third-order valence-electron chi connectivity index (χ3n) is 3.97. The Labute approximate surface area is 125 Å². The van der Waals surface area contributed by atoms with Crippen molar-refractivity contribution in [3.05, 3.63) is 30.1 Å². The summed E-state index contributed by atoms with van der Waals surface area (Å²) in [6.07, 6.45) is 2.80. The van der Waals surface area contributed by atoms with Crippen LogP contribution in [0.5, 0.6) is 0 Å². The van der Waals surface area contributed by atoms with Crippen molar-refractivity contribution in [3.63, 3.8) is 0 Å². The molecular weight excluding hydrogens is 269 g/mol. The average Bonchev–Trinajstić information content (AvgIpc) is 2.53. The molecule has 0 bridgehead atoms. The lowest BCUT2D eigenvalue weighted by molar-refractivity contribution is -0.133. The third kappa shape index (κ3) is 4.17. The third-order valence-corrected chi connectivity index (χ3v) is 3.97. The van der Waals surface area contributed by atoms with Crippen molar-refractivity contribution >= 4 is 11.6 Å². The minimum Gasteiger partial charge on any atom is -0.368 e. The van der Waals surface area contributed by atoms with Crippen LogP contribution in [0, 0.1) is 5.82 Å². The van der Waals surface area contributed by atoms with E-state index in [1.54, 1.807) is 12.1 Å². The number of nitrogens with two attached hydrogens (primary N) is 1. The Balaban J connectivity index is 1.85. The predicted octanol–water partition coefficient (Wildman–Crippen LogP) is 1.99. The van der Waals surface area contributed by atoms with Crippen molar-refractivity contribution in [3.8, 4) is 0 Å². The maximum Gasteiger partial charge on any atom is 0.239 e. The summed E-state index contributed by atoms with van der Waals surface area (Å²) < 4.78 is 12.9. The number of unbranched alkanes of at least 4 members (excludes halogenated alkanes) is 1. The molecule has 1 aliphatic heterocycles. The molecule has 1 aliphatic rings. The molecule has 116 valence electrons. The standard InChI is InChI=1S/C16H24FN3O/c1-2-3-4-15(18)16(21)20-11-9-19(10-12-20)14-7-5-13(17)6-8-14/h5-8,15H,2-4,9-12,18H2,1H3/t15-/m0/s1. The van der Waals surface area contributed by atoms with Gasteiger partial charge in [-0.05, 0) is 30.7 Å². The highest BCUT2D eigenvalue weighted by Gasteiger charge is 2.24. The van der Waals surface area contributed by atoms with Gasteiger partial charge in [0, 0.05) is 31.9 Å². The van der Waals surface area contributed by atoms with Gasteiger partial charge in [0.05, 0.1) is 6.04 Å². The quantitative estimate of drug-likeness (QED) is 0.903. The highest BCUT2D eigenvalue weighted by Crippen LogP contribution is 2.17. The van der Waals surface area contributed by atoms with E-state index in [-0.39, 0.29) is 17.8 Å². The number of benzene rings is 1. The van der Waals surface area contributed by atoms with Crippen LogP contribution in [-0.4, -0.2) is 43.0 Å². The highest BCUT2D eigenvalue weighted by atomic mass is 19.1. The number of halogens is 1. The maximum absolute atomic E-state index is 12.9. The minimum absolute atomic E-state index is 0.0576. The first-order valence-electron chi connectivity index (χ1n) is 7.66. The molecule has 0 aliphatic carbocycles. The van der Waals surface area contributed by atoms with Crippen LogP contribution in [0.4, 0.5) is 10.1 Å². The summed E-state index contributed by atoms with van der Waals surface area (Å²) in [5.74, 6) is -0.170. The molecule has 2 rings (SSSR count). The normalized spacial score (nSPS) is 16.9. The van der Waals surface area contributed by atoms with Gasteiger partial charge in [0.2, 0.25) is 5.91 Å². The number of piperazine rings is 1. The number of rotatable bonds is 5. The molecule has 4 nitrogen and oxygen atoms in total. The molecule has 1 heterocycles. The second kappa shape index (κ2) is 7.41. The van der Waals surface area contributed by atoms with Crippen molar-refractivity contribution in [2.24, 2.45) is 5.73 Å². The van der Waals surface area contributed by atoms with Gasteiger partial charge in [0.25, 0.3) is 0 Å². The SMILES string of the molecule is CCCC[C@H](N)C(=O)N1CCN(c2ccc(F)cc2)CC1. The molecule has 1 aromatic carbocycles. The van der Waals surface area contributed by atoms with E-state index in [9.17, 15) is 9.18 Å². The van der Waals surface area contributed by atoms with Gasteiger partial charge in [-0.25, -0.2) is 4.39 Å². The molecule has 2 N–H and O–H groups in total. The first-order chi connectivity index (χ1) is 10.1. The number of carbonyl (C=O) groups excluding carboxylic acids is 1. The molecule has 21 heavy (non-hydrogen) atoms. The van der Waals surface area contributed by atoms with E-state index in [0.717, 1.165) is 38.0 Å². The highest BCUT2D eigenvalue weighted by molar-refractivity contribution is 5.81. The zero-order valence-corrected chi connectivity index (χ0v) is 12.6. The van der Waals surface area contributed by atoms with Crippen LogP contribution < -0.4 is 10.6 Å². The fraction of sp³-hybridized carbons (Fsp3) is 0.562. The summed E-state index contributed by atoms with van der Waals surface area (Å²) in [4.78, 5) is 16.2. The van der Waals surface area contributed by atoms with Crippen LogP contribution in [0.1, 0.15) is 26.2 Å². The molecule has 1 fully saturated rings. The van der Waals surface area contributed by atoms with Crippen LogP contribution in [0.2, 0.25) is 0 Å². The van der Waals surface area contributed by atoms with Gasteiger partial charge in [-0.3, -0.25) is 4.79 Å². The van der Waals surface area contributed by atoms with E-state index in [0.29, 0.717) is 13.1 Å². The van der Waals surface area contributed by atoms with Crippen molar-refractivity contribution in [1.82, 2.24) is 4.90 Å². The van der Waals surface area contributed by atoms with Gasteiger partial charge in [-0.2, -0.15) is 0 Å². The Morgan fingerprint density at radius 3 is 2.43 bits per heavy atom. The van der Waals surface area contributed by atoms with Gasteiger partial charge in [0.1, 0.15) is 5.82 Å². The fourth-order valence-corrected chi connectivity index (χ4v) is 2.62. The summed E-state index contributed by atoms with van der Waals surface area (Å²) >= 11 is 0. The molecule has 1 atom stereocenters. The molecule has 0 aromatic heterocycles. The van der Waals surface area contributed by atoms with Crippen molar-refractivity contribution < 1.29 is 9.18 Å². The average molecular weight is 293 g/mol. The molecule has 0 unspecified atom stereocenters. The van der Waals surface area contributed by atoms with Crippen LogP contribution in [0.3, 0.4) is 0 Å². The lowest BCUT2D eigenvalue weighted by Crippen LogP contribution is -2.53. The number of nitrogens with zero attached hydrogens (tertiary/aromatic N) is 2. The second-order valence-corrected chi connectivity index (χ2v) is 5.54. The van der Waals surface area contributed by atoms with E-state index in [4.69, 9.17) is 5.73 Å². The summed E-state index contributed by atoms with van der Waals surface area (Å²) in [6, 6.07) is 6.11. The zero-order valence-electron chi connectivity index (χ0n) is 12.6. The van der Waals surface area contributed by atoms with Gasteiger partial charge in [-0.1, -0.05) is 19.8 Å². The second-order valence-electron chi connectivity index (χ2n) is 5.54. The van der Waals surface area contributed by atoms with Crippen molar-refractivity contribution in [2.75, 3.05) is 31.1 Å². The maximum atomic E-state index is 12.9. The number of hydrogen-bond acceptors (Lipinski definition) is 3. The Kier molecular flexibility index (Phi) is 5.56. The molecule has 1 aromatic rings. The zero-order chi connectivity index (χ0) is 15.2. The largest absolute Gasteiger partial charge is 0.368 e. The Morgan fingerprint density at radius 1 is 1.24 bits per heavy atom. The molecule has 5 heteroatoms. The first kappa shape index (κ1) is 15.8. The summed E-state index contributed by atoms with van der Waals surface area (Å²) in [6.45, 7) is 4.97. The van der Waals surface area contributed by atoms with Crippen molar-refractivity contribution in [2.45, 2.75) is 32.2 Å². The number of amides is 1. The smallest absolute Gasteiger partial charge is 0.239 e. The van der Waals surface area contributed by atoms with Crippen LogP contribution in [-0.2, 0) is 4.79 Å². The van der Waals surface area contributed by atoms with E-state index in [1.165, 1.54) is 12.1 Å².